The van der Waals surface area contributed by atoms with E-state index in [1.165, 1.54) is 12.1 Å². The van der Waals surface area contributed by atoms with E-state index in [1.54, 1.807) is 19.1 Å². The molecule has 0 saturated carbocycles. The van der Waals surface area contributed by atoms with Gasteiger partial charge in [0.25, 0.3) is 5.91 Å². The van der Waals surface area contributed by atoms with E-state index in [9.17, 15) is 14.4 Å². The van der Waals surface area contributed by atoms with E-state index in [0.717, 1.165) is 0 Å². The van der Waals surface area contributed by atoms with Crippen molar-refractivity contribution in [2.45, 2.75) is 31.8 Å². The lowest BCUT2D eigenvalue weighted by Gasteiger charge is -2.34. The molecule has 9 N–H and O–H groups in total. The van der Waals surface area contributed by atoms with Crippen LogP contribution in [-0.4, -0.2) is 68.9 Å². The Labute approximate surface area is 205 Å². The second-order valence-corrected chi connectivity index (χ2v) is 8.27. The fourth-order valence-electron chi connectivity index (χ4n) is 3.52. The van der Waals surface area contributed by atoms with Crippen LogP contribution in [0.3, 0.4) is 0 Å². The molecule has 0 spiro atoms. The van der Waals surface area contributed by atoms with Crippen LogP contribution in [0.5, 0.6) is 0 Å². The highest BCUT2D eigenvalue weighted by Gasteiger charge is 2.27. The van der Waals surface area contributed by atoms with E-state index >= 15 is 0 Å². The number of carboxylic acid groups (broad SMARTS) is 1. The lowest BCUT2D eigenvalue weighted by atomic mass is 10.0. The number of nitrogens with two attached hydrogens (primary N) is 3. The van der Waals surface area contributed by atoms with E-state index in [2.05, 4.69) is 25.6 Å². The molecule has 3 rings (SSSR count). The van der Waals surface area contributed by atoms with E-state index in [-0.39, 0.29) is 46.0 Å². The minimum Gasteiger partial charge on any atom is -0.478 e. The number of likely N-dealkylation sites (tertiary alicyclic amines) is 1. The molecule has 0 aliphatic carbocycles. The molecule has 1 aliphatic heterocycles. The molecule has 14 heteroatoms. The summed E-state index contributed by atoms with van der Waals surface area (Å²) in [6, 6.07) is 5.39. The molecule has 1 fully saturated rings. The number of nitrogen functional groups attached to an aromatic ring is 2. The van der Waals surface area contributed by atoms with Crippen molar-refractivity contribution in [1.82, 2.24) is 20.2 Å². The molecule has 2 heterocycles. The summed E-state index contributed by atoms with van der Waals surface area (Å²) in [7, 11) is 0. The van der Waals surface area contributed by atoms with E-state index in [0.29, 0.717) is 31.6 Å². The summed E-state index contributed by atoms with van der Waals surface area (Å²) in [5.74, 6) is -2.32. The van der Waals surface area contributed by atoms with Crippen LogP contribution in [0.4, 0.5) is 17.3 Å². The van der Waals surface area contributed by atoms with Crippen molar-refractivity contribution in [2.75, 3.05) is 29.9 Å². The van der Waals surface area contributed by atoms with Gasteiger partial charge in [0.2, 0.25) is 5.91 Å². The van der Waals surface area contributed by atoms with Gasteiger partial charge in [-0.15, -0.1) is 0 Å². The van der Waals surface area contributed by atoms with Crippen LogP contribution in [0, 0.1) is 0 Å². The maximum atomic E-state index is 12.6. The predicted molar refractivity (Wildman–Crippen MR) is 131 cm³/mol. The summed E-state index contributed by atoms with van der Waals surface area (Å²) in [5.41, 5.74) is 17.5. The number of hydrogen-bond donors (Lipinski definition) is 6. The Morgan fingerprint density at radius 2 is 1.77 bits per heavy atom. The third-order valence-corrected chi connectivity index (χ3v) is 5.79. The Morgan fingerprint density at radius 1 is 1.14 bits per heavy atom. The minimum absolute atomic E-state index is 0.0897. The fourth-order valence-corrected chi connectivity index (χ4v) is 3.65. The van der Waals surface area contributed by atoms with Gasteiger partial charge >= 0.3 is 5.97 Å². The molecule has 1 aliphatic rings. The standard InChI is InChI=1S/C21H26ClN9O4/c1-10(18(32)26-12-4-2-11(3-5-12)20(34)35)31-8-6-13(7-9-31)27-21(25)30-19(33)14-16(23)29-17(24)15(22)28-14/h2-5,10,13H,6-9H2,1H3,(H,26,32)(H,34,35)(H4,23,24,29)(H3,25,27,30,33). The van der Waals surface area contributed by atoms with Gasteiger partial charge in [-0.2, -0.15) is 0 Å². The largest absolute Gasteiger partial charge is 0.478 e. The number of rotatable bonds is 6. The van der Waals surface area contributed by atoms with Gasteiger partial charge in [0.05, 0.1) is 17.6 Å². The molecule has 2 amide bonds. The second kappa shape index (κ2) is 11.0. The molecular formula is C21H26ClN9O4. The Bertz CT molecular complexity index is 1150. The number of hydrogen-bond acceptors (Lipinski definition) is 9. The number of aromatic nitrogens is 2. The fraction of sp³-hybridized carbons (Fsp3) is 0.333. The van der Waals surface area contributed by atoms with Crippen LogP contribution in [0.1, 0.15) is 40.6 Å². The van der Waals surface area contributed by atoms with Crippen LogP contribution >= 0.6 is 11.6 Å². The zero-order chi connectivity index (χ0) is 25.7. The molecular weight excluding hydrogens is 478 g/mol. The first-order valence-electron chi connectivity index (χ1n) is 10.7. The number of halogens is 1. The molecule has 35 heavy (non-hydrogen) atoms. The van der Waals surface area contributed by atoms with E-state index < -0.39 is 17.9 Å². The van der Waals surface area contributed by atoms with Gasteiger partial charge in [-0.05, 0) is 44.0 Å². The number of amides is 2. The molecule has 1 atom stereocenters. The summed E-state index contributed by atoms with van der Waals surface area (Å²) in [4.78, 5) is 49.8. The third-order valence-electron chi connectivity index (χ3n) is 5.51. The van der Waals surface area contributed by atoms with Crippen molar-refractivity contribution in [2.24, 2.45) is 10.7 Å². The molecule has 1 saturated heterocycles. The number of anilines is 3. The van der Waals surface area contributed by atoms with Crippen LogP contribution in [0.15, 0.2) is 29.3 Å². The Kier molecular flexibility index (Phi) is 8.04. The number of carbonyl (C=O) groups excluding carboxylic acids is 2. The van der Waals surface area contributed by atoms with Crippen molar-refractivity contribution < 1.29 is 19.5 Å². The van der Waals surface area contributed by atoms with Crippen molar-refractivity contribution in [3.63, 3.8) is 0 Å². The van der Waals surface area contributed by atoms with E-state index in [4.69, 9.17) is 33.9 Å². The van der Waals surface area contributed by atoms with Crippen LogP contribution < -0.4 is 27.8 Å². The molecule has 0 radical (unpaired) electrons. The van der Waals surface area contributed by atoms with Crippen molar-refractivity contribution >= 4 is 52.7 Å². The number of benzene rings is 1. The molecule has 2 aromatic rings. The summed E-state index contributed by atoms with van der Waals surface area (Å²) < 4.78 is 0. The zero-order valence-electron chi connectivity index (χ0n) is 18.9. The summed E-state index contributed by atoms with van der Waals surface area (Å²) in [6.45, 7) is 2.98. The molecule has 13 nitrogen and oxygen atoms in total. The normalized spacial score (nSPS) is 15.9. The summed E-state index contributed by atoms with van der Waals surface area (Å²) in [6.07, 6.45) is 1.24. The average molecular weight is 504 g/mol. The monoisotopic (exact) mass is 503 g/mol. The lowest BCUT2D eigenvalue weighted by Crippen LogP contribution is -2.47. The summed E-state index contributed by atoms with van der Waals surface area (Å²) in [5, 5.41) is 14.0. The maximum Gasteiger partial charge on any atom is 0.335 e. The molecule has 1 aromatic heterocycles. The van der Waals surface area contributed by atoms with Crippen molar-refractivity contribution in [3.8, 4) is 0 Å². The highest BCUT2D eigenvalue weighted by Crippen LogP contribution is 2.19. The maximum absolute atomic E-state index is 12.6. The van der Waals surface area contributed by atoms with Gasteiger partial charge in [0.15, 0.2) is 28.4 Å². The molecule has 0 bridgehead atoms. The van der Waals surface area contributed by atoms with Gasteiger partial charge in [0.1, 0.15) is 0 Å². The number of aliphatic imine (C=N–C) groups is 1. The topological polar surface area (TPSA) is 215 Å². The zero-order valence-corrected chi connectivity index (χ0v) is 19.6. The Morgan fingerprint density at radius 3 is 2.37 bits per heavy atom. The molecule has 1 unspecified atom stereocenters. The predicted octanol–water partition coefficient (Wildman–Crippen LogP) is 0.529. The molecule has 186 valence electrons. The van der Waals surface area contributed by atoms with Gasteiger partial charge in [-0.3, -0.25) is 19.8 Å². The number of guanidine groups is 1. The van der Waals surface area contributed by atoms with Gasteiger partial charge in [0, 0.05) is 18.8 Å². The quantitative estimate of drug-likeness (QED) is 0.237. The van der Waals surface area contributed by atoms with Gasteiger partial charge in [-0.25, -0.2) is 19.8 Å². The number of aromatic carboxylic acids is 1. The first-order valence-corrected chi connectivity index (χ1v) is 11.0. The highest BCUT2D eigenvalue weighted by molar-refractivity contribution is 6.31. The van der Waals surface area contributed by atoms with Gasteiger partial charge < -0.3 is 27.6 Å². The smallest absolute Gasteiger partial charge is 0.335 e. The third kappa shape index (κ3) is 6.55. The first kappa shape index (κ1) is 25.6. The Balaban J connectivity index is 1.51. The van der Waals surface area contributed by atoms with Crippen LogP contribution in [0.2, 0.25) is 5.15 Å². The number of piperidine rings is 1. The number of nitrogens with zero attached hydrogens (tertiary/aromatic N) is 4. The van der Waals surface area contributed by atoms with Gasteiger partial charge in [-0.1, -0.05) is 11.6 Å². The number of carboxylic acids is 1. The minimum atomic E-state index is -1.03. The number of carbonyl (C=O) groups is 3. The summed E-state index contributed by atoms with van der Waals surface area (Å²) >= 11 is 5.80. The highest BCUT2D eigenvalue weighted by atomic mass is 35.5. The van der Waals surface area contributed by atoms with Crippen LogP contribution in [-0.2, 0) is 4.79 Å². The van der Waals surface area contributed by atoms with Crippen molar-refractivity contribution in [1.29, 1.82) is 0 Å². The number of nitrogens with one attached hydrogen (secondary N) is 2. The second-order valence-electron chi connectivity index (χ2n) is 7.92. The van der Waals surface area contributed by atoms with E-state index in [1.807, 2.05) is 4.90 Å². The lowest BCUT2D eigenvalue weighted by molar-refractivity contribution is -0.121. The van der Waals surface area contributed by atoms with Crippen LogP contribution in [0.25, 0.3) is 0 Å². The molecule has 1 aromatic carbocycles. The Hall–Kier alpha value is -3.97. The first-order chi connectivity index (χ1) is 16.5. The SMILES string of the molecule is CC(C(=O)Nc1ccc(C(=O)O)cc1)N1CCC(N=C(N)NC(=O)c2nc(Cl)c(N)nc2N)CC1. The van der Waals surface area contributed by atoms with Crippen molar-refractivity contribution in [3.05, 3.63) is 40.7 Å². The average Bonchev–Trinajstić information content (AvgIpc) is 2.81.